The number of rotatable bonds is 4. The highest BCUT2D eigenvalue weighted by molar-refractivity contribution is 6.19. The Balaban J connectivity index is 1.23. The summed E-state index contributed by atoms with van der Waals surface area (Å²) in [4.78, 5) is 15.8. The van der Waals surface area contributed by atoms with E-state index < -0.39 is 0 Å². The molecule has 3 aromatic heterocycles. The van der Waals surface area contributed by atoms with E-state index in [-0.39, 0.29) is 0 Å². The molecule has 0 aliphatic rings. The second-order valence-corrected chi connectivity index (χ2v) is 13.2. The molecule has 0 atom stereocenters. The summed E-state index contributed by atoms with van der Waals surface area (Å²) in [6.45, 7) is 0. The molecule has 0 radical (unpaired) electrons. The average Bonchev–Trinajstić information content (AvgIpc) is 3.79. The van der Waals surface area contributed by atoms with Gasteiger partial charge in [0.05, 0.1) is 0 Å². The lowest BCUT2D eigenvalue weighted by Gasteiger charge is -2.13. The fourth-order valence-electron chi connectivity index (χ4n) is 7.63. The van der Waals surface area contributed by atoms with Crippen molar-refractivity contribution in [3.8, 4) is 45.3 Å². The Bertz CT molecular complexity index is 3190. The molecule has 0 saturated carbocycles. The van der Waals surface area contributed by atoms with Gasteiger partial charge >= 0.3 is 0 Å². The summed E-state index contributed by atoms with van der Waals surface area (Å²) >= 11 is 0. The van der Waals surface area contributed by atoms with Crippen molar-refractivity contribution in [2.45, 2.75) is 0 Å². The van der Waals surface area contributed by atoms with Crippen LogP contribution in [0.25, 0.3) is 111 Å². The van der Waals surface area contributed by atoms with Crippen LogP contribution in [0.4, 0.5) is 0 Å². The van der Waals surface area contributed by atoms with Gasteiger partial charge in [-0.1, -0.05) is 127 Å². The molecule has 0 saturated heterocycles. The van der Waals surface area contributed by atoms with Crippen LogP contribution < -0.4 is 0 Å². The molecule has 0 aliphatic carbocycles. The number of para-hydroxylation sites is 2. The zero-order valence-electron chi connectivity index (χ0n) is 27.7. The van der Waals surface area contributed by atoms with Gasteiger partial charge in [-0.15, -0.1) is 0 Å². The highest BCUT2D eigenvalue weighted by atomic mass is 16.3. The molecule has 0 fully saturated rings. The molecule has 5 heteroatoms. The molecule has 0 aliphatic heterocycles. The van der Waals surface area contributed by atoms with Crippen molar-refractivity contribution < 1.29 is 8.83 Å². The lowest BCUT2D eigenvalue weighted by atomic mass is 9.95. The van der Waals surface area contributed by atoms with E-state index in [1.165, 1.54) is 0 Å². The summed E-state index contributed by atoms with van der Waals surface area (Å²) in [5.41, 5.74) is 8.26. The van der Waals surface area contributed by atoms with Gasteiger partial charge < -0.3 is 8.83 Å². The van der Waals surface area contributed by atoms with Crippen LogP contribution in [0.1, 0.15) is 0 Å². The Morgan fingerprint density at radius 3 is 1.85 bits per heavy atom. The minimum absolute atomic E-state index is 0.580. The molecule has 0 bridgehead atoms. The third-order valence-corrected chi connectivity index (χ3v) is 10.1. The summed E-state index contributed by atoms with van der Waals surface area (Å²) in [5, 5.41) is 8.34. The first-order valence-electron chi connectivity index (χ1n) is 17.3. The standard InChI is InChI=1S/C47H27N3O2/c1-2-11-28(12-3-1)31-23-24-33-37(26-31)44-38(34-15-6-8-18-40(34)52-44)27-39(33)47-49-45(32-22-21-29-13-4-5-14-30(29)25-32)48-46(50-47)36-17-10-20-42-43(36)35-16-7-9-19-41(35)51-42/h1-27H. The van der Waals surface area contributed by atoms with Crippen molar-refractivity contribution in [1.29, 1.82) is 0 Å². The highest BCUT2D eigenvalue weighted by Crippen LogP contribution is 2.42. The largest absolute Gasteiger partial charge is 0.456 e. The number of fused-ring (bicyclic) bond motifs is 9. The van der Waals surface area contributed by atoms with Crippen molar-refractivity contribution >= 4 is 65.4 Å². The number of benzene rings is 8. The fourth-order valence-corrected chi connectivity index (χ4v) is 7.63. The minimum Gasteiger partial charge on any atom is -0.456 e. The number of aromatic nitrogens is 3. The summed E-state index contributed by atoms with van der Waals surface area (Å²) in [6, 6.07) is 56.3. The molecule has 5 nitrogen and oxygen atoms in total. The molecule has 0 unspecified atom stereocenters. The van der Waals surface area contributed by atoms with Crippen LogP contribution in [0.5, 0.6) is 0 Å². The summed E-state index contributed by atoms with van der Waals surface area (Å²) < 4.78 is 12.9. The van der Waals surface area contributed by atoms with Crippen LogP contribution in [0.15, 0.2) is 173 Å². The van der Waals surface area contributed by atoms with Gasteiger partial charge in [0.25, 0.3) is 0 Å². The first-order chi connectivity index (χ1) is 25.7. The molecule has 8 aromatic carbocycles. The SMILES string of the molecule is c1ccc(-c2ccc3c(-c4nc(-c5ccc6ccccc6c5)nc(-c5cccc6oc7ccccc7c56)n4)cc4c5ccccc5oc4c3c2)cc1. The number of hydrogen-bond acceptors (Lipinski definition) is 5. The molecule has 242 valence electrons. The van der Waals surface area contributed by atoms with Crippen LogP contribution in [0.3, 0.4) is 0 Å². The third-order valence-electron chi connectivity index (χ3n) is 10.1. The topological polar surface area (TPSA) is 65.0 Å². The maximum atomic E-state index is 6.59. The first-order valence-corrected chi connectivity index (χ1v) is 17.3. The lowest BCUT2D eigenvalue weighted by Crippen LogP contribution is -2.01. The maximum absolute atomic E-state index is 6.59. The zero-order chi connectivity index (χ0) is 34.2. The van der Waals surface area contributed by atoms with Crippen LogP contribution in [0.2, 0.25) is 0 Å². The van der Waals surface area contributed by atoms with Crippen molar-refractivity contribution in [2.75, 3.05) is 0 Å². The summed E-state index contributed by atoms with van der Waals surface area (Å²) in [6.07, 6.45) is 0. The van der Waals surface area contributed by atoms with Crippen molar-refractivity contribution in [2.24, 2.45) is 0 Å². The van der Waals surface area contributed by atoms with E-state index in [0.717, 1.165) is 93.2 Å². The Labute approximate surface area is 297 Å². The van der Waals surface area contributed by atoms with Gasteiger partial charge in [-0.2, -0.15) is 0 Å². The first kappa shape index (κ1) is 28.7. The van der Waals surface area contributed by atoms with Gasteiger partial charge in [0.1, 0.15) is 22.3 Å². The highest BCUT2D eigenvalue weighted by Gasteiger charge is 2.21. The number of nitrogens with zero attached hydrogens (tertiary/aromatic N) is 3. The van der Waals surface area contributed by atoms with E-state index in [1.807, 2.05) is 48.5 Å². The number of furan rings is 2. The van der Waals surface area contributed by atoms with E-state index >= 15 is 0 Å². The van der Waals surface area contributed by atoms with Gasteiger partial charge in [-0.3, -0.25) is 0 Å². The van der Waals surface area contributed by atoms with Gasteiger partial charge in [-0.25, -0.2) is 15.0 Å². The summed E-state index contributed by atoms with van der Waals surface area (Å²) in [5.74, 6) is 1.76. The van der Waals surface area contributed by atoms with Crippen molar-refractivity contribution in [3.05, 3.63) is 164 Å². The molecular formula is C47H27N3O2. The minimum atomic E-state index is 0.580. The van der Waals surface area contributed by atoms with E-state index in [4.69, 9.17) is 23.8 Å². The lowest BCUT2D eigenvalue weighted by molar-refractivity contribution is 0.669. The smallest absolute Gasteiger partial charge is 0.164 e. The normalized spacial score (nSPS) is 11.8. The van der Waals surface area contributed by atoms with Gasteiger partial charge in [0, 0.05) is 43.6 Å². The maximum Gasteiger partial charge on any atom is 0.164 e. The Hall–Kier alpha value is -7.11. The Morgan fingerprint density at radius 2 is 0.981 bits per heavy atom. The monoisotopic (exact) mass is 665 g/mol. The van der Waals surface area contributed by atoms with Crippen LogP contribution in [-0.2, 0) is 0 Å². The quantitative estimate of drug-likeness (QED) is 0.187. The predicted octanol–water partition coefficient (Wildman–Crippen LogP) is 12.6. The van der Waals surface area contributed by atoms with E-state index in [0.29, 0.717) is 17.5 Å². The van der Waals surface area contributed by atoms with Crippen molar-refractivity contribution in [1.82, 2.24) is 15.0 Å². The predicted molar refractivity (Wildman–Crippen MR) is 211 cm³/mol. The zero-order valence-corrected chi connectivity index (χ0v) is 27.7. The van der Waals surface area contributed by atoms with Gasteiger partial charge in [-0.05, 0) is 63.7 Å². The number of hydrogen-bond donors (Lipinski definition) is 0. The second kappa shape index (κ2) is 11.2. The molecule has 0 amide bonds. The second-order valence-electron chi connectivity index (χ2n) is 13.2. The van der Waals surface area contributed by atoms with E-state index in [1.54, 1.807) is 0 Å². The molecule has 52 heavy (non-hydrogen) atoms. The van der Waals surface area contributed by atoms with Crippen LogP contribution in [0, 0.1) is 0 Å². The van der Waals surface area contributed by atoms with Gasteiger partial charge in [0.2, 0.25) is 0 Å². The average molecular weight is 666 g/mol. The fraction of sp³-hybridized carbons (Fsp3) is 0. The molecule has 3 heterocycles. The molecule has 0 spiro atoms. The third kappa shape index (κ3) is 4.46. The summed E-state index contributed by atoms with van der Waals surface area (Å²) in [7, 11) is 0. The molecular weight excluding hydrogens is 639 g/mol. The van der Waals surface area contributed by atoms with Gasteiger partial charge in [0.15, 0.2) is 17.5 Å². The Morgan fingerprint density at radius 1 is 0.327 bits per heavy atom. The molecule has 11 aromatic rings. The molecule has 11 rings (SSSR count). The Kier molecular flexibility index (Phi) is 6.18. The van der Waals surface area contributed by atoms with E-state index in [9.17, 15) is 0 Å². The molecule has 0 N–H and O–H groups in total. The van der Waals surface area contributed by atoms with Crippen molar-refractivity contribution in [3.63, 3.8) is 0 Å². The van der Waals surface area contributed by atoms with Crippen LogP contribution in [-0.4, -0.2) is 15.0 Å². The van der Waals surface area contributed by atoms with E-state index in [2.05, 4.69) is 115 Å². The van der Waals surface area contributed by atoms with Crippen LogP contribution >= 0.6 is 0 Å².